The number of ether oxygens (including phenoxy) is 1. The molecule has 4 nitrogen and oxygen atoms in total. The molecule has 1 heterocycles. The fourth-order valence-corrected chi connectivity index (χ4v) is 1.91. The summed E-state index contributed by atoms with van der Waals surface area (Å²) in [5, 5.41) is 8.41. The minimum absolute atomic E-state index is 0.108. The lowest BCUT2D eigenvalue weighted by Gasteiger charge is -2.13. The average Bonchev–Trinajstić information content (AvgIpc) is 2.39. The number of nitrogens with zero attached hydrogens (tertiary/aromatic N) is 1. The minimum atomic E-state index is -0.790. The summed E-state index contributed by atoms with van der Waals surface area (Å²) < 4.78 is 5.34. The van der Waals surface area contributed by atoms with Gasteiger partial charge < -0.3 is 14.7 Å². The van der Waals surface area contributed by atoms with Gasteiger partial charge in [-0.2, -0.15) is 0 Å². The minimum Gasteiger partial charge on any atom is -0.481 e. The Balaban J connectivity index is 2.09. The van der Waals surface area contributed by atoms with Crippen LogP contribution in [-0.4, -0.2) is 49.3 Å². The van der Waals surface area contributed by atoms with Crippen LogP contribution in [0.4, 0.5) is 0 Å². The lowest BCUT2D eigenvalue weighted by Crippen LogP contribution is -2.18. The van der Waals surface area contributed by atoms with Crippen molar-refractivity contribution < 1.29 is 14.6 Å². The molecule has 2 atom stereocenters. The molecular formula is C10H19NO3. The molecule has 1 saturated heterocycles. The summed E-state index contributed by atoms with van der Waals surface area (Å²) in [6.07, 6.45) is 0.108. The molecule has 0 unspecified atom stereocenters. The van der Waals surface area contributed by atoms with Crippen molar-refractivity contribution in [2.75, 3.05) is 33.4 Å². The molecule has 1 fully saturated rings. The number of carbonyl (C=O) groups is 1. The van der Waals surface area contributed by atoms with Gasteiger partial charge in [0.05, 0.1) is 19.6 Å². The van der Waals surface area contributed by atoms with E-state index in [-0.39, 0.29) is 6.42 Å². The highest BCUT2D eigenvalue weighted by molar-refractivity contribution is 5.66. The van der Waals surface area contributed by atoms with Gasteiger partial charge in [0.1, 0.15) is 0 Å². The molecule has 0 aliphatic carbocycles. The first-order valence-corrected chi connectivity index (χ1v) is 5.07. The third kappa shape index (κ3) is 3.64. The monoisotopic (exact) mass is 201 g/mol. The smallest absolute Gasteiger partial charge is 0.305 e. The third-order valence-electron chi connectivity index (χ3n) is 2.74. The summed E-state index contributed by atoms with van der Waals surface area (Å²) in [4.78, 5) is 12.5. The van der Waals surface area contributed by atoms with Crippen molar-refractivity contribution >= 4 is 5.97 Å². The quantitative estimate of drug-likeness (QED) is 0.664. The maximum absolute atomic E-state index is 10.2. The van der Waals surface area contributed by atoms with Crippen molar-refractivity contribution in [2.24, 2.45) is 11.8 Å². The second kappa shape index (κ2) is 5.32. The highest BCUT2D eigenvalue weighted by atomic mass is 16.5. The summed E-state index contributed by atoms with van der Waals surface area (Å²) in [7, 11) is 2.10. The molecule has 4 heteroatoms. The molecule has 1 N–H and O–H groups in total. The van der Waals surface area contributed by atoms with Gasteiger partial charge in [0.2, 0.25) is 0 Å². The van der Waals surface area contributed by atoms with Crippen molar-refractivity contribution in [3.05, 3.63) is 0 Å². The number of likely N-dealkylation sites (tertiary alicyclic amines) is 1. The number of carboxylic acids is 1. The van der Waals surface area contributed by atoms with Crippen LogP contribution in [0.1, 0.15) is 13.3 Å². The molecule has 0 saturated carbocycles. The molecular weight excluding hydrogens is 182 g/mol. The Morgan fingerprint density at radius 1 is 1.57 bits per heavy atom. The van der Waals surface area contributed by atoms with Gasteiger partial charge in [-0.1, -0.05) is 6.92 Å². The molecule has 82 valence electrons. The summed E-state index contributed by atoms with van der Waals surface area (Å²) in [5.74, 6) is 0.431. The van der Waals surface area contributed by atoms with Crippen LogP contribution in [-0.2, 0) is 9.53 Å². The van der Waals surface area contributed by atoms with E-state index < -0.39 is 5.97 Å². The van der Waals surface area contributed by atoms with Crippen molar-refractivity contribution in [2.45, 2.75) is 13.3 Å². The predicted molar refractivity (Wildman–Crippen MR) is 53.2 cm³/mol. The summed E-state index contributed by atoms with van der Waals surface area (Å²) in [6, 6.07) is 0. The highest BCUT2D eigenvalue weighted by Gasteiger charge is 2.27. The van der Waals surface area contributed by atoms with Crippen LogP contribution >= 0.6 is 0 Å². The number of carboxylic acid groups (broad SMARTS) is 1. The van der Waals surface area contributed by atoms with Crippen molar-refractivity contribution in [3.8, 4) is 0 Å². The molecule has 0 bridgehead atoms. The first kappa shape index (κ1) is 11.5. The van der Waals surface area contributed by atoms with Gasteiger partial charge in [0.15, 0.2) is 0 Å². The molecule has 14 heavy (non-hydrogen) atoms. The normalized spacial score (nSPS) is 28.1. The van der Waals surface area contributed by atoms with Crippen LogP contribution in [0.5, 0.6) is 0 Å². The first-order valence-electron chi connectivity index (χ1n) is 5.07. The van der Waals surface area contributed by atoms with Gasteiger partial charge in [-0.05, 0) is 18.9 Å². The maximum atomic E-state index is 10.2. The van der Waals surface area contributed by atoms with Gasteiger partial charge >= 0.3 is 5.97 Å². The first-order chi connectivity index (χ1) is 6.59. The van der Waals surface area contributed by atoms with Gasteiger partial charge in [0, 0.05) is 13.1 Å². The zero-order valence-corrected chi connectivity index (χ0v) is 8.90. The standard InChI is InChI=1S/C10H19NO3/c1-8-5-11(2)6-9(8)7-14-4-3-10(12)13/h8-9H,3-7H2,1-2H3,(H,12,13)/t8-,9+/m0/s1. The van der Waals surface area contributed by atoms with E-state index in [0.29, 0.717) is 25.0 Å². The van der Waals surface area contributed by atoms with Gasteiger partial charge in [-0.25, -0.2) is 0 Å². The zero-order valence-electron chi connectivity index (χ0n) is 8.90. The Kier molecular flexibility index (Phi) is 4.35. The molecule has 0 aromatic carbocycles. The van der Waals surface area contributed by atoms with Crippen LogP contribution < -0.4 is 0 Å². The van der Waals surface area contributed by atoms with E-state index in [9.17, 15) is 4.79 Å². The second-order valence-electron chi connectivity index (χ2n) is 4.18. The Bertz CT molecular complexity index is 196. The van der Waals surface area contributed by atoms with Crippen LogP contribution in [0.15, 0.2) is 0 Å². The highest BCUT2D eigenvalue weighted by Crippen LogP contribution is 2.21. The van der Waals surface area contributed by atoms with Crippen LogP contribution in [0.3, 0.4) is 0 Å². The number of hydrogen-bond donors (Lipinski definition) is 1. The Morgan fingerprint density at radius 2 is 2.29 bits per heavy atom. The van der Waals surface area contributed by atoms with E-state index in [1.807, 2.05) is 0 Å². The molecule has 0 aromatic heterocycles. The molecule has 1 aliphatic rings. The third-order valence-corrected chi connectivity index (χ3v) is 2.74. The number of hydrogen-bond acceptors (Lipinski definition) is 3. The molecule has 1 aliphatic heterocycles. The number of rotatable bonds is 5. The zero-order chi connectivity index (χ0) is 10.6. The van der Waals surface area contributed by atoms with E-state index >= 15 is 0 Å². The number of aliphatic carboxylic acids is 1. The Labute approximate surface area is 84.8 Å². The molecule has 0 amide bonds. The van der Waals surface area contributed by atoms with Gasteiger partial charge in [-0.15, -0.1) is 0 Å². The Hall–Kier alpha value is -0.610. The summed E-state index contributed by atoms with van der Waals surface area (Å²) in [6.45, 7) is 5.43. The van der Waals surface area contributed by atoms with Crippen molar-refractivity contribution in [1.29, 1.82) is 0 Å². The Morgan fingerprint density at radius 3 is 2.79 bits per heavy atom. The fraction of sp³-hybridized carbons (Fsp3) is 0.900. The second-order valence-corrected chi connectivity index (χ2v) is 4.18. The molecule has 0 radical (unpaired) electrons. The molecule has 1 rings (SSSR count). The predicted octanol–water partition coefficient (Wildman–Crippen LogP) is 0.675. The molecule has 0 aromatic rings. The maximum Gasteiger partial charge on any atom is 0.305 e. The average molecular weight is 201 g/mol. The molecule has 0 spiro atoms. The lowest BCUT2D eigenvalue weighted by molar-refractivity contribution is -0.138. The van der Waals surface area contributed by atoms with Crippen molar-refractivity contribution in [3.63, 3.8) is 0 Å². The van der Waals surface area contributed by atoms with E-state index in [0.717, 1.165) is 13.1 Å². The van der Waals surface area contributed by atoms with Crippen LogP contribution in [0.2, 0.25) is 0 Å². The van der Waals surface area contributed by atoms with E-state index in [2.05, 4.69) is 18.9 Å². The SMILES string of the molecule is C[C@H]1CN(C)C[C@@H]1COCCC(=O)O. The fourth-order valence-electron chi connectivity index (χ4n) is 1.91. The lowest BCUT2D eigenvalue weighted by atomic mass is 9.99. The van der Waals surface area contributed by atoms with Crippen molar-refractivity contribution in [1.82, 2.24) is 4.90 Å². The van der Waals surface area contributed by atoms with E-state index in [4.69, 9.17) is 9.84 Å². The van der Waals surface area contributed by atoms with Gasteiger partial charge in [-0.3, -0.25) is 4.79 Å². The van der Waals surface area contributed by atoms with E-state index in [1.165, 1.54) is 0 Å². The van der Waals surface area contributed by atoms with Gasteiger partial charge in [0.25, 0.3) is 0 Å². The topological polar surface area (TPSA) is 49.8 Å². The summed E-state index contributed by atoms with van der Waals surface area (Å²) in [5.41, 5.74) is 0. The van der Waals surface area contributed by atoms with E-state index in [1.54, 1.807) is 0 Å². The van der Waals surface area contributed by atoms with Crippen LogP contribution in [0, 0.1) is 11.8 Å². The van der Waals surface area contributed by atoms with Crippen LogP contribution in [0.25, 0.3) is 0 Å². The summed E-state index contributed by atoms with van der Waals surface area (Å²) >= 11 is 0. The largest absolute Gasteiger partial charge is 0.481 e.